The summed E-state index contributed by atoms with van der Waals surface area (Å²) in [6.45, 7) is 7.60. The second-order valence-electron chi connectivity index (χ2n) is 10.00. The SMILES string of the molecule is CC(C)S(=O)(=O)c1ccccc1Nc1nc(Cc2ccc(N3CCN(C)CC3)cc2)nc2ccn(C)c12. The van der Waals surface area contributed by atoms with Crippen molar-refractivity contribution in [3.63, 3.8) is 0 Å². The Morgan fingerprint density at radius 2 is 1.62 bits per heavy atom. The largest absolute Gasteiger partial charge is 0.369 e. The Hall–Kier alpha value is -3.43. The van der Waals surface area contributed by atoms with Gasteiger partial charge < -0.3 is 19.7 Å². The van der Waals surface area contributed by atoms with Crippen LogP contribution in [0, 0.1) is 0 Å². The molecule has 2 aromatic heterocycles. The molecule has 0 saturated carbocycles. The molecule has 1 aliphatic rings. The van der Waals surface area contributed by atoms with Crippen molar-refractivity contribution in [2.45, 2.75) is 30.4 Å². The number of rotatable bonds is 7. The fourth-order valence-corrected chi connectivity index (χ4v) is 5.88. The molecular weight excluding hydrogens is 484 g/mol. The van der Waals surface area contributed by atoms with Crippen LogP contribution in [0.15, 0.2) is 65.7 Å². The van der Waals surface area contributed by atoms with E-state index in [4.69, 9.17) is 9.97 Å². The average Bonchev–Trinajstić information content (AvgIpc) is 3.26. The van der Waals surface area contributed by atoms with Crippen LogP contribution in [0.4, 0.5) is 17.2 Å². The number of aromatic nitrogens is 3. The van der Waals surface area contributed by atoms with Crippen molar-refractivity contribution in [1.82, 2.24) is 19.4 Å². The molecule has 1 saturated heterocycles. The van der Waals surface area contributed by atoms with Crippen molar-refractivity contribution in [3.8, 4) is 0 Å². The first-order chi connectivity index (χ1) is 17.7. The molecule has 37 heavy (non-hydrogen) atoms. The minimum atomic E-state index is -3.47. The fraction of sp³-hybridized carbons (Fsp3) is 0.357. The number of anilines is 3. The third-order valence-electron chi connectivity index (χ3n) is 7.00. The van der Waals surface area contributed by atoms with Crippen LogP contribution in [0.2, 0.25) is 0 Å². The fourth-order valence-electron chi connectivity index (χ4n) is 4.68. The van der Waals surface area contributed by atoms with E-state index < -0.39 is 15.1 Å². The number of piperazine rings is 1. The highest BCUT2D eigenvalue weighted by Gasteiger charge is 2.23. The van der Waals surface area contributed by atoms with Gasteiger partial charge in [-0.05, 0) is 56.8 Å². The Balaban J connectivity index is 1.45. The monoisotopic (exact) mass is 518 g/mol. The molecule has 1 aliphatic heterocycles. The van der Waals surface area contributed by atoms with Crippen molar-refractivity contribution in [3.05, 3.63) is 72.2 Å². The summed E-state index contributed by atoms with van der Waals surface area (Å²) < 4.78 is 28.0. The number of nitrogens with zero attached hydrogens (tertiary/aromatic N) is 5. The van der Waals surface area contributed by atoms with Crippen LogP contribution in [-0.4, -0.2) is 66.3 Å². The summed E-state index contributed by atoms with van der Waals surface area (Å²) >= 11 is 0. The first kappa shape index (κ1) is 25.2. The lowest BCUT2D eigenvalue weighted by Crippen LogP contribution is -2.44. The van der Waals surface area contributed by atoms with Crippen molar-refractivity contribution in [1.29, 1.82) is 0 Å². The lowest BCUT2D eigenvalue weighted by molar-refractivity contribution is 0.313. The Bertz CT molecular complexity index is 1500. The second kappa shape index (κ2) is 10.1. The molecule has 4 aromatic rings. The van der Waals surface area contributed by atoms with E-state index in [2.05, 4.69) is 46.4 Å². The van der Waals surface area contributed by atoms with Gasteiger partial charge in [0, 0.05) is 51.5 Å². The van der Waals surface area contributed by atoms with Gasteiger partial charge in [-0.3, -0.25) is 0 Å². The molecule has 0 atom stereocenters. The lowest BCUT2D eigenvalue weighted by atomic mass is 10.1. The molecule has 3 heterocycles. The molecule has 8 nitrogen and oxygen atoms in total. The molecule has 5 rings (SSSR count). The van der Waals surface area contributed by atoms with E-state index in [1.165, 1.54) is 5.69 Å². The standard InChI is InChI=1S/C28H34N6O2S/c1-20(2)37(35,36)25-8-6-5-7-23(25)30-28-27-24(13-14-33(27)4)29-26(31-28)19-21-9-11-22(12-10-21)34-17-15-32(3)16-18-34/h5-14,20H,15-19H2,1-4H3,(H,29,30,31). The normalized spacial score (nSPS) is 15.0. The molecule has 0 bridgehead atoms. The van der Waals surface area contributed by atoms with E-state index in [1.54, 1.807) is 32.0 Å². The van der Waals surface area contributed by atoms with Crippen LogP contribution in [-0.2, 0) is 23.3 Å². The van der Waals surface area contributed by atoms with Gasteiger partial charge in [0.15, 0.2) is 15.7 Å². The number of hydrogen-bond acceptors (Lipinski definition) is 7. The molecule has 0 unspecified atom stereocenters. The van der Waals surface area contributed by atoms with Crippen LogP contribution in [0.25, 0.3) is 11.0 Å². The van der Waals surface area contributed by atoms with E-state index in [0.717, 1.165) is 42.8 Å². The zero-order valence-corrected chi connectivity index (χ0v) is 22.7. The molecule has 194 valence electrons. The van der Waals surface area contributed by atoms with Crippen molar-refractivity contribution in [2.24, 2.45) is 7.05 Å². The van der Waals surface area contributed by atoms with Gasteiger partial charge in [0.2, 0.25) is 0 Å². The number of sulfone groups is 1. The first-order valence-corrected chi connectivity index (χ1v) is 14.2. The van der Waals surface area contributed by atoms with Crippen LogP contribution < -0.4 is 10.2 Å². The summed E-state index contributed by atoms with van der Waals surface area (Å²) in [4.78, 5) is 14.7. The Morgan fingerprint density at radius 1 is 0.919 bits per heavy atom. The summed E-state index contributed by atoms with van der Waals surface area (Å²) in [5.74, 6) is 1.27. The van der Waals surface area contributed by atoms with E-state index in [0.29, 0.717) is 23.8 Å². The summed E-state index contributed by atoms with van der Waals surface area (Å²) in [5.41, 5.74) is 4.52. The van der Waals surface area contributed by atoms with Crippen molar-refractivity contribution < 1.29 is 8.42 Å². The zero-order chi connectivity index (χ0) is 26.2. The molecule has 1 N–H and O–H groups in total. The maximum atomic E-state index is 13.0. The molecule has 9 heteroatoms. The summed E-state index contributed by atoms with van der Waals surface area (Å²) in [5, 5.41) is 2.80. The van der Waals surface area contributed by atoms with Gasteiger partial charge >= 0.3 is 0 Å². The van der Waals surface area contributed by atoms with Gasteiger partial charge in [0.05, 0.1) is 21.3 Å². The average molecular weight is 519 g/mol. The minimum Gasteiger partial charge on any atom is -0.369 e. The lowest BCUT2D eigenvalue weighted by Gasteiger charge is -2.34. The highest BCUT2D eigenvalue weighted by atomic mass is 32.2. The number of likely N-dealkylation sites (N-methyl/N-ethyl adjacent to an activating group) is 1. The highest BCUT2D eigenvalue weighted by Crippen LogP contribution is 2.30. The van der Waals surface area contributed by atoms with Crippen LogP contribution in [0.1, 0.15) is 25.2 Å². The molecule has 0 amide bonds. The molecule has 0 aliphatic carbocycles. The van der Waals surface area contributed by atoms with Crippen LogP contribution in [0.3, 0.4) is 0 Å². The van der Waals surface area contributed by atoms with E-state index in [1.807, 2.05) is 29.9 Å². The number of aryl methyl sites for hydroxylation is 1. The van der Waals surface area contributed by atoms with Crippen LogP contribution >= 0.6 is 0 Å². The maximum Gasteiger partial charge on any atom is 0.182 e. The molecule has 0 spiro atoms. The number of benzene rings is 2. The Kier molecular flexibility index (Phi) is 6.92. The quantitative estimate of drug-likeness (QED) is 0.392. The van der Waals surface area contributed by atoms with Crippen molar-refractivity contribution >= 4 is 38.1 Å². The first-order valence-electron chi connectivity index (χ1n) is 12.7. The van der Waals surface area contributed by atoms with E-state index in [9.17, 15) is 8.42 Å². The smallest absolute Gasteiger partial charge is 0.182 e. The third-order valence-corrected chi connectivity index (χ3v) is 9.21. The van der Waals surface area contributed by atoms with Gasteiger partial charge in [-0.15, -0.1) is 0 Å². The van der Waals surface area contributed by atoms with Crippen molar-refractivity contribution in [2.75, 3.05) is 43.4 Å². The predicted molar refractivity (Wildman–Crippen MR) is 150 cm³/mol. The number of para-hydroxylation sites is 1. The van der Waals surface area contributed by atoms with E-state index >= 15 is 0 Å². The Labute approximate surface area is 218 Å². The maximum absolute atomic E-state index is 13.0. The number of fused-ring (bicyclic) bond motifs is 1. The molecule has 1 fully saturated rings. The zero-order valence-electron chi connectivity index (χ0n) is 21.8. The minimum absolute atomic E-state index is 0.270. The summed E-state index contributed by atoms with van der Waals surface area (Å²) in [6.07, 6.45) is 2.52. The summed E-state index contributed by atoms with van der Waals surface area (Å²) in [7, 11) is 0.624. The number of nitrogens with one attached hydrogen (secondary N) is 1. The summed E-state index contributed by atoms with van der Waals surface area (Å²) in [6, 6.07) is 17.6. The van der Waals surface area contributed by atoms with Gasteiger partial charge in [0.1, 0.15) is 11.3 Å². The van der Waals surface area contributed by atoms with Gasteiger partial charge in [-0.25, -0.2) is 18.4 Å². The van der Waals surface area contributed by atoms with Gasteiger partial charge in [0.25, 0.3) is 0 Å². The van der Waals surface area contributed by atoms with E-state index in [-0.39, 0.29) is 4.90 Å². The van der Waals surface area contributed by atoms with Gasteiger partial charge in [-0.1, -0.05) is 24.3 Å². The van der Waals surface area contributed by atoms with Crippen LogP contribution in [0.5, 0.6) is 0 Å². The highest BCUT2D eigenvalue weighted by molar-refractivity contribution is 7.92. The molecular formula is C28H34N6O2S. The predicted octanol–water partition coefficient (Wildman–Crippen LogP) is 4.24. The molecule has 2 aromatic carbocycles. The number of hydrogen-bond donors (Lipinski definition) is 1. The Morgan fingerprint density at radius 3 is 2.32 bits per heavy atom. The topological polar surface area (TPSA) is 83.4 Å². The third kappa shape index (κ3) is 5.19. The second-order valence-corrected chi connectivity index (χ2v) is 12.5. The van der Waals surface area contributed by atoms with Gasteiger partial charge in [-0.2, -0.15) is 0 Å². The molecule has 0 radical (unpaired) electrons.